The molecule has 0 aliphatic heterocycles. The Morgan fingerprint density at radius 3 is 2.15 bits per heavy atom. The van der Waals surface area contributed by atoms with Gasteiger partial charge in [0.25, 0.3) is 0 Å². The average molecular weight is 354 g/mol. The van der Waals surface area contributed by atoms with Gasteiger partial charge in [-0.2, -0.15) is 0 Å². The van der Waals surface area contributed by atoms with Crippen LogP contribution in [0, 0.1) is 13.8 Å². The molecule has 0 radical (unpaired) electrons. The van der Waals surface area contributed by atoms with Crippen LogP contribution in [0.5, 0.6) is 11.5 Å². The lowest BCUT2D eigenvalue weighted by atomic mass is 9.84. The van der Waals surface area contributed by atoms with Crippen LogP contribution in [0.3, 0.4) is 0 Å². The Hall–Kier alpha value is -3.28. The van der Waals surface area contributed by atoms with Crippen molar-refractivity contribution in [2.45, 2.75) is 19.8 Å². The third-order valence-corrected chi connectivity index (χ3v) is 4.27. The second-order valence-electron chi connectivity index (χ2n) is 5.89. The highest BCUT2D eigenvalue weighted by Crippen LogP contribution is 2.39. The lowest BCUT2D eigenvalue weighted by molar-refractivity contribution is 0.414. The first-order chi connectivity index (χ1) is 12.4. The van der Waals surface area contributed by atoms with E-state index in [4.69, 9.17) is 13.6 Å². The summed E-state index contributed by atoms with van der Waals surface area (Å²) in [6, 6.07) is 11.3. The van der Waals surface area contributed by atoms with Crippen molar-refractivity contribution >= 4 is 0 Å². The standard InChI is InChI=1S/C20H18O6/c1-11-15(8-9-17(22)25-11)20(13-4-6-14(24-3)7-5-13)19-12(2)26-18(23)10-16(19)21/h4-10,20-21H,1-3H3. The first-order valence-electron chi connectivity index (χ1n) is 7.99. The summed E-state index contributed by atoms with van der Waals surface area (Å²) in [5, 5.41) is 10.4. The molecule has 1 N–H and O–H groups in total. The zero-order valence-corrected chi connectivity index (χ0v) is 14.6. The van der Waals surface area contributed by atoms with Gasteiger partial charge in [-0.05, 0) is 37.6 Å². The fourth-order valence-corrected chi connectivity index (χ4v) is 3.07. The van der Waals surface area contributed by atoms with E-state index in [1.54, 1.807) is 39.2 Å². The SMILES string of the molecule is COc1ccc(C(c2ccc(=O)oc2C)c2c(O)cc(=O)oc2C)cc1. The average Bonchev–Trinajstić information content (AvgIpc) is 2.59. The van der Waals surface area contributed by atoms with Crippen LogP contribution in [0.2, 0.25) is 0 Å². The molecular weight excluding hydrogens is 336 g/mol. The van der Waals surface area contributed by atoms with Gasteiger partial charge < -0.3 is 18.7 Å². The maximum Gasteiger partial charge on any atom is 0.339 e. The van der Waals surface area contributed by atoms with Crippen LogP contribution in [0.1, 0.15) is 34.1 Å². The second kappa shape index (κ2) is 6.92. The number of rotatable bonds is 4. The molecule has 0 aliphatic carbocycles. The van der Waals surface area contributed by atoms with Crippen LogP contribution in [-0.4, -0.2) is 12.2 Å². The maximum atomic E-state index is 11.6. The molecule has 2 heterocycles. The van der Waals surface area contributed by atoms with E-state index in [0.29, 0.717) is 28.4 Å². The van der Waals surface area contributed by atoms with Gasteiger partial charge in [0.1, 0.15) is 23.0 Å². The molecule has 0 amide bonds. The Morgan fingerprint density at radius 2 is 1.58 bits per heavy atom. The predicted molar refractivity (Wildman–Crippen MR) is 95.0 cm³/mol. The van der Waals surface area contributed by atoms with Gasteiger partial charge in [0.05, 0.1) is 13.2 Å². The molecular formula is C20H18O6. The van der Waals surface area contributed by atoms with Crippen molar-refractivity contribution in [3.8, 4) is 11.5 Å². The third kappa shape index (κ3) is 3.26. The van der Waals surface area contributed by atoms with E-state index in [1.165, 1.54) is 6.07 Å². The number of aryl methyl sites for hydroxylation is 2. The molecule has 0 saturated carbocycles. The summed E-state index contributed by atoms with van der Waals surface area (Å²) < 4.78 is 15.6. The van der Waals surface area contributed by atoms with Gasteiger partial charge in [0, 0.05) is 23.1 Å². The van der Waals surface area contributed by atoms with E-state index in [0.717, 1.165) is 11.6 Å². The number of benzene rings is 1. The number of methoxy groups -OCH3 is 1. The van der Waals surface area contributed by atoms with Gasteiger partial charge in [-0.3, -0.25) is 0 Å². The minimum Gasteiger partial charge on any atom is -0.507 e. The van der Waals surface area contributed by atoms with Gasteiger partial charge >= 0.3 is 11.3 Å². The van der Waals surface area contributed by atoms with E-state index in [1.807, 2.05) is 12.1 Å². The predicted octanol–water partition coefficient (Wildman–Crippen LogP) is 3.10. The summed E-state index contributed by atoms with van der Waals surface area (Å²) in [4.78, 5) is 23.1. The van der Waals surface area contributed by atoms with Crippen LogP contribution < -0.4 is 16.0 Å². The van der Waals surface area contributed by atoms with Crippen LogP contribution in [0.4, 0.5) is 0 Å². The Balaban J connectivity index is 2.29. The highest BCUT2D eigenvalue weighted by molar-refractivity contribution is 5.50. The quantitative estimate of drug-likeness (QED) is 0.774. The lowest BCUT2D eigenvalue weighted by Gasteiger charge is -2.21. The molecule has 1 atom stereocenters. The maximum absolute atomic E-state index is 11.6. The van der Waals surface area contributed by atoms with Gasteiger partial charge in [-0.25, -0.2) is 9.59 Å². The fraction of sp³-hybridized carbons (Fsp3) is 0.200. The molecule has 6 nitrogen and oxygen atoms in total. The molecule has 0 bridgehead atoms. The topological polar surface area (TPSA) is 89.9 Å². The number of hydrogen-bond donors (Lipinski definition) is 1. The van der Waals surface area contributed by atoms with Crippen molar-refractivity contribution in [1.29, 1.82) is 0 Å². The Bertz CT molecular complexity index is 1020. The molecule has 26 heavy (non-hydrogen) atoms. The van der Waals surface area contributed by atoms with Crippen LogP contribution >= 0.6 is 0 Å². The fourth-order valence-electron chi connectivity index (χ4n) is 3.07. The summed E-state index contributed by atoms with van der Waals surface area (Å²) in [5.41, 5.74) is 0.845. The second-order valence-corrected chi connectivity index (χ2v) is 5.89. The van der Waals surface area contributed by atoms with Crippen LogP contribution in [0.25, 0.3) is 0 Å². The zero-order valence-electron chi connectivity index (χ0n) is 14.6. The zero-order chi connectivity index (χ0) is 18.8. The van der Waals surface area contributed by atoms with E-state index < -0.39 is 17.2 Å². The molecule has 6 heteroatoms. The van der Waals surface area contributed by atoms with E-state index in [2.05, 4.69) is 0 Å². The van der Waals surface area contributed by atoms with Crippen molar-refractivity contribution in [3.05, 3.63) is 91.5 Å². The largest absolute Gasteiger partial charge is 0.507 e. The summed E-state index contributed by atoms with van der Waals surface area (Å²) >= 11 is 0. The molecule has 0 saturated heterocycles. The van der Waals surface area contributed by atoms with E-state index in [-0.39, 0.29) is 5.75 Å². The molecule has 0 spiro atoms. The van der Waals surface area contributed by atoms with Crippen LogP contribution in [0.15, 0.2) is 60.9 Å². The first kappa shape index (κ1) is 17.5. The van der Waals surface area contributed by atoms with Gasteiger partial charge in [0.15, 0.2) is 0 Å². The molecule has 0 fully saturated rings. The molecule has 2 aromatic heterocycles. The normalized spacial score (nSPS) is 12.0. The number of ether oxygens (including phenoxy) is 1. The molecule has 1 aromatic carbocycles. The van der Waals surface area contributed by atoms with Crippen molar-refractivity contribution < 1.29 is 18.7 Å². The number of hydrogen-bond acceptors (Lipinski definition) is 6. The molecule has 3 aromatic rings. The van der Waals surface area contributed by atoms with E-state index >= 15 is 0 Å². The summed E-state index contributed by atoms with van der Waals surface area (Å²) in [5.74, 6) is 0.730. The molecule has 0 aliphatic rings. The van der Waals surface area contributed by atoms with Crippen LogP contribution in [-0.2, 0) is 0 Å². The van der Waals surface area contributed by atoms with E-state index in [9.17, 15) is 14.7 Å². The number of aromatic hydroxyl groups is 1. The monoisotopic (exact) mass is 354 g/mol. The third-order valence-electron chi connectivity index (χ3n) is 4.27. The molecule has 3 rings (SSSR count). The van der Waals surface area contributed by atoms with Crippen molar-refractivity contribution in [3.63, 3.8) is 0 Å². The lowest BCUT2D eigenvalue weighted by Crippen LogP contribution is -2.12. The Morgan fingerprint density at radius 1 is 0.923 bits per heavy atom. The molecule has 1 unspecified atom stereocenters. The summed E-state index contributed by atoms with van der Waals surface area (Å²) in [7, 11) is 1.57. The Kier molecular flexibility index (Phi) is 4.67. The summed E-state index contributed by atoms with van der Waals surface area (Å²) in [6.07, 6.45) is 0. The first-order valence-corrected chi connectivity index (χ1v) is 7.99. The summed E-state index contributed by atoms with van der Waals surface area (Å²) in [6.45, 7) is 3.29. The van der Waals surface area contributed by atoms with Gasteiger partial charge in [-0.1, -0.05) is 12.1 Å². The highest BCUT2D eigenvalue weighted by Gasteiger charge is 2.26. The molecule has 134 valence electrons. The highest BCUT2D eigenvalue weighted by atomic mass is 16.5. The Labute approximate surface area is 149 Å². The van der Waals surface area contributed by atoms with Gasteiger partial charge in [0.2, 0.25) is 0 Å². The minimum atomic E-state index is -0.631. The van der Waals surface area contributed by atoms with Crippen molar-refractivity contribution in [2.24, 2.45) is 0 Å². The van der Waals surface area contributed by atoms with Gasteiger partial charge in [-0.15, -0.1) is 0 Å². The van der Waals surface area contributed by atoms with Crippen molar-refractivity contribution in [2.75, 3.05) is 7.11 Å². The minimum absolute atomic E-state index is 0.176. The smallest absolute Gasteiger partial charge is 0.339 e. The van der Waals surface area contributed by atoms with Crippen molar-refractivity contribution in [1.82, 2.24) is 0 Å².